The number of rotatable bonds is 29. The first kappa shape index (κ1) is 89.3. The topological polar surface area (TPSA) is 230 Å². The lowest BCUT2D eigenvalue weighted by Gasteiger charge is -2.34. The third-order valence-electron chi connectivity index (χ3n) is 20.3. The van der Waals surface area contributed by atoms with E-state index >= 15 is 0 Å². The number of hydrogen-bond acceptors (Lipinski definition) is 18. The first-order chi connectivity index (χ1) is 49.6. The molecule has 0 saturated carbocycles. The molecule has 0 spiro atoms. The van der Waals surface area contributed by atoms with Crippen molar-refractivity contribution in [2.45, 2.75) is 117 Å². The average Bonchev–Trinajstić information content (AvgIpc) is 1.71. The molecule has 24 nitrogen and oxygen atoms in total. The van der Waals surface area contributed by atoms with E-state index in [4.69, 9.17) is 26.5 Å². The molecule has 590 valence electrons. The molecular weight excluding hydrogens is 1510 g/mol. The Kier molecular flexibility index (Phi) is 36.7. The van der Waals surface area contributed by atoms with Crippen LogP contribution in [0.3, 0.4) is 0 Å². The van der Waals surface area contributed by atoms with Crippen LogP contribution < -0.4 is 34.5 Å². The van der Waals surface area contributed by atoms with Crippen LogP contribution in [0.2, 0.25) is 0 Å². The van der Waals surface area contributed by atoms with Gasteiger partial charge in [-0.15, -0.1) is 74.4 Å². The zero-order valence-corrected chi connectivity index (χ0v) is 65.2. The van der Waals surface area contributed by atoms with Crippen LogP contribution in [-0.4, -0.2) is 175 Å². The monoisotopic (exact) mass is 1610 g/mol. The molecule has 0 radical (unpaired) electrons. The number of unbranched alkanes of at least 4 members (excludes halogenated alkanes) is 7. The number of halogens is 6. The maximum Gasteiger partial charge on any atom is 0.419 e. The van der Waals surface area contributed by atoms with E-state index in [2.05, 4.69) is 29.4 Å². The smallest absolute Gasteiger partial charge is 0.408 e. The van der Waals surface area contributed by atoms with Crippen molar-refractivity contribution < 1.29 is 26.5 Å². The molecule has 0 N–H and O–H groups in total. The fourth-order valence-electron chi connectivity index (χ4n) is 14.5. The van der Waals surface area contributed by atoms with Crippen molar-refractivity contribution in [3.05, 3.63) is 209 Å². The van der Waals surface area contributed by atoms with E-state index in [1.807, 2.05) is 146 Å². The summed E-state index contributed by atoms with van der Waals surface area (Å²) >= 11 is 0. The van der Waals surface area contributed by atoms with Crippen LogP contribution in [0.15, 0.2) is 201 Å². The van der Waals surface area contributed by atoms with Gasteiger partial charge < -0.3 is 46.1 Å². The summed E-state index contributed by atoms with van der Waals surface area (Å²) in [5, 5.41) is 0. The summed E-state index contributed by atoms with van der Waals surface area (Å²) in [6.45, 7) is 22.8. The molecular formula is C78H104Cl6N12O12. The Morgan fingerprint density at radius 2 is 0.343 bits per heavy atom. The molecule has 0 bridgehead atoms. The molecule has 3 saturated heterocycles. The maximum atomic E-state index is 12.1. The first-order valence-electron chi connectivity index (χ1n) is 36.4. The van der Waals surface area contributed by atoms with Crippen LogP contribution in [0.25, 0.3) is 66.6 Å². The summed E-state index contributed by atoms with van der Waals surface area (Å²) in [6.07, 6.45) is 11.7. The van der Waals surface area contributed by atoms with E-state index in [0.29, 0.717) is 59.7 Å². The van der Waals surface area contributed by atoms with Crippen molar-refractivity contribution in [1.29, 1.82) is 0 Å². The summed E-state index contributed by atoms with van der Waals surface area (Å²) in [5.41, 5.74) is 9.21. The SMILES string of the molecule is C.Cl.Cl.Cl.Cl.Cl.Cl.O=c1oc2ccccc2n1CCCCCN1CCN(CCCCCn2c(=O)oc3ccccc32)CC1.O=c1oc2ccccc2n1CCCCCN1CCN(CCn2c(=O)oc3ccccc32)CC1.O=c1oc2ccccc2n1CCCCN1CCN(CCn2c(=O)oc3ccccc32)CC1. The van der Waals surface area contributed by atoms with Crippen LogP contribution in [0, 0.1) is 0 Å². The highest BCUT2D eigenvalue weighted by molar-refractivity contribution is 5.86. The molecule has 108 heavy (non-hydrogen) atoms. The highest BCUT2D eigenvalue weighted by atomic mass is 35.5. The van der Waals surface area contributed by atoms with Gasteiger partial charge >= 0.3 is 34.5 Å². The van der Waals surface area contributed by atoms with Gasteiger partial charge in [-0.2, -0.15) is 0 Å². The Bertz CT molecular complexity index is 4910. The average molecular weight is 1610 g/mol. The van der Waals surface area contributed by atoms with Crippen molar-refractivity contribution in [3.63, 3.8) is 0 Å². The van der Waals surface area contributed by atoms with Gasteiger partial charge in [0.1, 0.15) is 0 Å². The van der Waals surface area contributed by atoms with Gasteiger partial charge in [-0.3, -0.25) is 37.2 Å². The molecule has 3 aliphatic heterocycles. The zero-order chi connectivity index (χ0) is 69.3. The van der Waals surface area contributed by atoms with Gasteiger partial charge in [0.25, 0.3) is 0 Å². The van der Waals surface area contributed by atoms with Crippen LogP contribution in [-0.2, 0) is 39.3 Å². The van der Waals surface area contributed by atoms with E-state index in [0.717, 1.165) is 235 Å². The summed E-state index contributed by atoms with van der Waals surface area (Å²) < 4.78 is 42.3. The van der Waals surface area contributed by atoms with Gasteiger partial charge in [0.15, 0.2) is 33.5 Å². The Labute approximate surface area is 664 Å². The van der Waals surface area contributed by atoms with Crippen LogP contribution in [0.4, 0.5) is 0 Å². The lowest BCUT2D eigenvalue weighted by atomic mass is 10.2. The fraction of sp³-hybridized carbons (Fsp3) is 0.462. The summed E-state index contributed by atoms with van der Waals surface area (Å²) in [7, 11) is 0. The van der Waals surface area contributed by atoms with Gasteiger partial charge in [0, 0.05) is 131 Å². The van der Waals surface area contributed by atoms with E-state index in [1.165, 1.54) is 0 Å². The van der Waals surface area contributed by atoms with Gasteiger partial charge in [0.2, 0.25) is 0 Å². The highest BCUT2D eigenvalue weighted by Gasteiger charge is 2.22. The number of hydrogen-bond donors (Lipinski definition) is 0. The van der Waals surface area contributed by atoms with Gasteiger partial charge in [-0.25, -0.2) is 28.8 Å². The Hall–Kier alpha value is -7.56. The second kappa shape index (κ2) is 44.3. The standard InChI is InChI=1S/C28H36N4O4.C25H30N4O4.C24H28N4O4.CH4.6ClH/c33-27-31(23-11-3-5-13-25(23)35-27)17-9-1-7-15-29-19-21-30(22-20-29)16-8-2-10-18-32-24-12-4-6-14-26(24)36-28(32)34;30-24-28(20-8-2-4-10-22(20)32-24)13-7-1-6-12-26-14-16-27(17-15-26)18-19-29-21-9-3-5-11-23(21)33-25(29)31;29-23-27(19-7-1-3-9-21(19)31-23)12-6-5-11-25-13-15-26(16-14-25)17-18-28-20-8-2-4-10-22(20)32-24(28)30;;;;;;;/h3-6,11-14H,1-2,7-10,15-22H2;2-5,8-11H,1,6-7,12-19H2;1-4,7-10H,5-6,11-18H2;1H4;6*1H. The summed E-state index contributed by atoms with van der Waals surface area (Å²) in [6, 6.07) is 45.6. The van der Waals surface area contributed by atoms with Crippen LogP contribution >= 0.6 is 74.4 Å². The molecule has 30 heteroatoms. The highest BCUT2D eigenvalue weighted by Crippen LogP contribution is 2.20. The van der Waals surface area contributed by atoms with Crippen molar-refractivity contribution in [1.82, 2.24) is 56.8 Å². The Balaban J connectivity index is 0.000000246. The fourth-order valence-corrected chi connectivity index (χ4v) is 14.5. The minimum Gasteiger partial charge on any atom is -0.408 e. The lowest BCUT2D eigenvalue weighted by molar-refractivity contribution is 0.127. The minimum atomic E-state index is -0.283. The number of aryl methyl sites for hydroxylation is 4. The number of oxazole rings is 6. The molecule has 6 aromatic carbocycles. The van der Waals surface area contributed by atoms with E-state index in [1.54, 1.807) is 27.4 Å². The van der Waals surface area contributed by atoms with Crippen molar-refractivity contribution >= 4 is 141 Å². The predicted octanol–water partition coefficient (Wildman–Crippen LogP) is 12.9. The zero-order valence-electron chi connectivity index (χ0n) is 60.3. The molecule has 0 atom stereocenters. The van der Waals surface area contributed by atoms with E-state index in [-0.39, 0.29) is 116 Å². The largest absolute Gasteiger partial charge is 0.419 e. The van der Waals surface area contributed by atoms with Crippen LogP contribution in [0.1, 0.15) is 78.1 Å². The maximum absolute atomic E-state index is 12.1. The number of piperazine rings is 3. The third kappa shape index (κ3) is 23.0. The number of fused-ring (bicyclic) bond motifs is 6. The Morgan fingerprint density at radius 1 is 0.194 bits per heavy atom. The lowest BCUT2D eigenvalue weighted by Crippen LogP contribution is -2.47. The number of nitrogens with zero attached hydrogens (tertiary/aromatic N) is 12. The Morgan fingerprint density at radius 3 is 0.546 bits per heavy atom. The van der Waals surface area contributed by atoms with Crippen molar-refractivity contribution in [3.8, 4) is 0 Å². The number of aromatic nitrogens is 6. The molecule has 9 heterocycles. The third-order valence-corrected chi connectivity index (χ3v) is 20.3. The second-order valence-electron chi connectivity index (χ2n) is 26.9. The molecule has 0 unspecified atom stereocenters. The van der Waals surface area contributed by atoms with Gasteiger partial charge in [0.05, 0.1) is 33.1 Å². The van der Waals surface area contributed by atoms with E-state index < -0.39 is 0 Å². The normalized spacial score (nSPS) is 14.6. The minimum absolute atomic E-state index is 0. The molecule has 6 aromatic heterocycles. The molecule has 3 fully saturated rings. The predicted molar refractivity (Wildman–Crippen MR) is 442 cm³/mol. The summed E-state index contributed by atoms with van der Waals surface area (Å²) in [4.78, 5) is 87.5. The molecule has 12 aromatic rings. The number of para-hydroxylation sites is 12. The van der Waals surface area contributed by atoms with Gasteiger partial charge in [-0.1, -0.05) is 99.5 Å². The molecule has 15 rings (SSSR count). The molecule has 0 aliphatic carbocycles. The quantitative estimate of drug-likeness (QED) is 0.0397. The second-order valence-corrected chi connectivity index (χ2v) is 26.9. The van der Waals surface area contributed by atoms with Crippen molar-refractivity contribution in [2.75, 3.05) is 118 Å². The first-order valence-corrected chi connectivity index (χ1v) is 36.4. The van der Waals surface area contributed by atoms with E-state index in [9.17, 15) is 28.8 Å². The molecule has 3 aliphatic rings. The number of benzene rings is 6. The van der Waals surface area contributed by atoms with Gasteiger partial charge in [-0.05, 0) is 150 Å². The molecule has 0 amide bonds. The van der Waals surface area contributed by atoms with Crippen molar-refractivity contribution in [2.24, 2.45) is 0 Å². The summed E-state index contributed by atoms with van der Waals surface area (Å²) in [5.74, 6) is -1.61. The van der Waals surface area contributed by atoms with Crippen LogP contribution in [0.5, 0.6) is 0 Å².